The van der Waals surface area contributed by atoms with Crippen LogP contribution in [0, 0.1) is 5.92 Å². The minimum atomic E-state index is -0.477. The van der Waals surface area contributed by atoms with Crippen LogP contribution in [0.25, 0.3) is 0 Å². The second-order valence-corrected chi connectivity index (χ2v) is 7.76. The summed E-state index contributed by atoms with van der Waals surface area (Å²) in [7, 11) is 0. The van der Waals surface area contributed by atoms with Crippen LogP contribution in [0.3, 0.4) is 0 Å². The molecule has 0 radical (unpaired) electrons. The van der Waals surface area contributed by atoms with E-state index in [9.17, 15) is 9.59 Å². The lowest BCUT2D eigenvalue weighted by Crippen LogP contribution is -2.48. The van der Waals surface area contributed by atoms with Crippen molar-refractivity contribution in [3.63, 3.8) is 0 Å². The maximum Gasteiger partial charge on any atom is 0.410 e. The van der Waals surface area contributed by atoms with Crippen LogP contribution < -0.4 is 0 Å². The number of hydrogen-bond donors (Lipinski definition) is 0. The van der Waals surface area contributed by atoms with Crippen LogP contribution in [-0.2, 0) is 10.2 Å². The fourth-order valence-corrected chi connectivity index (χ4v) is 3.97. The fraction of sp³-hybridized carbons (Fsp3) is 0.579. The molecule has 1 amide bonds. The highest BCUT2D eigenvalue weighted by Crippen LogP contribution is 2.49. The van der Waals surface area contributed by atoms with E-state index in [1.54, 1.807) is 4.90 Å². The van der Waals surface area contributed by atoms with Gasteiger partial charge in [0.2, 0.25) is 0 Å². The van der Waals surface area contributed by atoms with Crippen molar-refractivity contribution >= 4 is 11.9 Å². The third-order valence-corrected chi connectivity index (χ3v) is 5.26. The van der Waals surface area contributed by atoms with E-state index in [0.29, 0.717) is 13.1 Å². The van der Waals surface area contributed by atoms with Gasteiger partial charge in [-0.1, -0.05) is 31.2 Å². The molecule has 1 aliphatic carbocycles. The van der Waals surface area contributed by atoms with Gasteiger partial charge in [-0.05, 0) is 39.2 Å². The second kappa shape index (κ2) is 5.36. The summed E-state index contributed by atoms with van der Waals surface area (Å²) < 4.78 is 5.47. The SMILES string of the molecule is CC1C(=O)c2ccccc2C12CCN(C(=O)OC(C)(C)C)CC2. The van der Waals surface area contributed by atoms with Crippen LogP contribution in [0.5, 0.6) is 0 Å². The summed E-state index contributed by atoms with van der Waals surface area (Å²) in [5, 5.41) is 0. The molecular weight excluding hydrogens is 290 g/mol. The second-order valence-electron chi connectivity index (χ2n) is 7.76. The minimum Gasteiger partial charge on any atom is -0.444 e. The van der Waals surface area contributed by atoms with Crippen LogP contribution in [0.4, 0.5) is 4.79 Å². The predicted octanol–water partition coefficient (Wildman–Crippen LogP) is 3.79. The van der Waals surface area contributed by atoms with E-state index in [1.807, 2.05) is 45.9 Å². The summed E-state index contributed by atoms with van der Waals surface area (Å²) in [4.78, 5) is 26.6. The quantitative estimate of drug-likeness (QED) is 0.732. The molecule has 1 fully saturated rings. The maximum atomic E-state index is 12.6. The maximum absolute atomic E-state index is 12.6. The van der Waals surface area contributed by atoms with Crippen molar-refractivity contribution in [3.05, 3.63) is 35.4 Å². The number of Topliss-reactive ketones (excluding diaryl/α,β-unsaturated/α-hetero) is 1. The third-order valence-electron chi connectivity index (χ3n) is 5.26. The predicted molar refractivity (Wildman–Crippen MR) is 88.7 cm³/mol. The van der Waals surface area contributed by atoms with Gasteiger partial charge < -0.3 is 9.64 Å². The first-order valence-electron chi connectivity index (χ1n) is 8.36. The van der Waals surface area contributed by atoms with Crippen molar-refractivity contribution in [2.45, 2.75) is 51.6 Å². The van der Waals surface area contributed by atoms with E-state index in [2.05, 4.69) is 6.07 Å². The highest BCUT2D eigenvalue weighted by atomic mass is 16.6. The summed E-state index contributed by atoms with van der Waals surface area (Å²) >= 11 is 0. The lowest BCUT2D eigenvalue weighted by molar-refractivity contribution is 0.0143. The van der Waals surface area contributed by atoms with Crippen molar-refractivity contribution in [3.8, 4) is 0 Å². The molecule has 1 atom stereocenters. The van der Waals surface area contributed by atoms with Crippen LogP contribution in [0.2, 0.25) is 0 Å². The van der Waals surface area contributed by atoms with Gasteiger partial charge >= 0.3 is 6.09 Å². The van der Waals surface area contributed by atoms with Crippen molar-refractivity contribution in [1.29, 1.82) is 0 Å². The molecule has 1 unspecified atom stereocenters. The summed E-state index contributed by atoms with van der Waals surface area (Å²) in [6, 6.07) is 7.95. The number of fused-ring (bicyclic) bond motifs is 2. The van der Waals surface area contributed by atoms with E-state index < -0.39 is 5.60 Å². The smallest absolute Gasteiger partial charge is 0.410 e. The van der Waals surface area contributed by atoms with Gasteiger partial charge in [-0.15, -0.1) is 0 Å². The lowest BCUT2D eigenvalue weighted by atomic mass is 9.68. The zero-order valence-electron chi connectivity index (χ0n) is 14.4. The Morgan fingerprint density at radius 3 is 2.43 bits per heavy atom. The molecule has 4 heteroatoms. The minimum absolute atomic E-state index is 0.0133. The number of ketones is 1. The van der Waals surface area contributed by atoms with E-state index in [4.69, 9.17) is 4.74 Å². The molecule has 4 nitrogen and oxygen atoms in total. The summed E-state index contributed by atoms with van der Waals surface area (Å²) in [6.45, 7) is 8.95. The molecule has 1 aromatic rings. The largest absolute Gasteiger partial charge is 0.444 e. The molecule has 1 aromatic carbocycles. The number of piperidine rings is 1. The Bertz CT molecular complexity index is 636. The third kappa shape index (κ3) is 2.64. The number of likely N-dealkylation sites (tertiary alicyclic amines) is 1. The monoisotopic (exact) mass is 315 g/mol. The van der Waals surface area contributed by atoms with Crippen molar-refractivity contribution in [2.75, 3.05) is 13.1 Å². The summed E-state index contributed by atoms with van der Waals surface area (Å²) in [6.07, 6.45) is 1.38. The Hall–Kier alpha value is -1.84. The van der Waals surface area contributed by atoms with E-state index in [1.165, 1.54) is 5.56 Å². The first-order chi connectivity index (χ1) is 10.7. The number of benzene rings is 1. The highest BCUT2D eigenvalue weighted by molar-refractivity contribution is 6.03. The first kappa shape index (κ1) is 16.0. The molecule has 1 aliphatic heterocycles. The highest BCUT2D eigenvalue weighted by Gasteiger charge is 2.51. The standard InChI is InChI=1S/C19H25NO3/c1-13-16(21)14-7-5-6-8-15(14)19(13)9-11-20(12-10-19)17(22)23-18(2,3)4/h5-8,13H,9-12H2,1-4H3. The van der Waals surface area contributed by atoms with Gasteiger partial charge in [0.25, 0.3) is 0 Å². The number of carbonyl (C=O) groups excluding carboxylic acids is 2. The topological polar surface area (TPSA) is 46.6 Å². The van der Waals surface area contributed by atoms with Crippen molar-refractivity contribution < 1.29 is 14.3 Å². The lowest BCUT2D eigenvalue weighted by Gasteiger charge is -2.42. The molecule has 23 heavy (non-hydrogen) atoms. The molecule has 1 heterocycles. The zero-order valence-corrected chi connectivity index (χ0v) is 14.4. The van der Waals surface area contributed by atoms with Crippen molar-refractivity contribution in [1.82, 2.24) is 4.90 Å². The van der Waals surface area contributed by atoms with E-state index in [0.717, 1.165) is 18.4 Å². The van der Waals surface area contributed by atoms with Crippen LogP contribution >= 0.6 is 0 Å². The van der Waals surface area contributed by atoms with Crippen molar-refractivity contribution in [2.24, 2.45) is 5.92 Å². The van der Waals surface area contributed by atoms with Gasteiger partial charge in [-0.25, -0.2) is 4.79 Å². The summed E-state index contributed by atoms with van der Waals surface area (Å²) in [5.41, 5.74) is 1.44. The molecule has 2 aliphatic rings. The van der Waals surface area contributed by atoms with E-state index in [-0.39, 0.29) is 23.2 Å². The number of ether oxygens (including phenoxy) is 1. The molecule has 0 saturated carbocycles. The Kier molecular flexibility index (Phi) is 3.74. The van der Waals surface area contributed by atoms with Gasteiger partial charge in [0.15, 0.2) is 5.78 Å². The van der Waals surface area contributed by atoms with Gasteiger partial charge in [-0.2, -0.15) is 0 Å². The Morgan fingerprint density at radius 2 is 1.83 bits per heavy atom. The number of amides is 1. The Labute approximate surface area is 137 Å². The van der Waals surface area contributed by atoms with Gasteiger partial charge in [0.1, 0.15) is 5.60 Å². The molecule has 1 spiro atoms. The van der Waals surface area contributed by atoms with Gasteiger partial charge in [-0.3, -0.25) is 4.79 Å². The molecule has 1 saturated heterocycles. The number of hydrogen-bond acceptors (Lipinski definition) is 3. The Morgan fingerprint density at radius 1 is 1.22 bits per heavy atom. The molecule has 0 N–H and O–H groups in total. The number of nitrogens with zero attached hydrogens (tertiary/aromatic N) is 1. The average Bonchev–Trinajstić information content (AvgIpc) is 2.70. The van der Waals surface area contributed by atoms with Crippen LogP contribution in [0.1, 0.15) is 56.5 Å². The molecule has 124 valence electrons. The van der Waals surface area contributed by atoms with E-state index >= 15 is 0 Å². The average molecular weight is 315 g/mol. The summed E-state index contributed by atoms with van der Waals surface area (Å²) in [5.74, 6) is 0.229. The first-order valence-corrected chi connectivity index (χ1v) is 8.36. The molecule has 0 bridgehead atoms. The number of rotatable bonds is 0. The number of carbonyl (C=O) groups is 2. The Balaban J connectivity index is 1.79. The molecule has 3 rings (SSSR count). The van der Waals surface area contributed by atoms with Gasteiger partial charge in [0, 0.05) is 30.0 Å². The van der Waals surface area contributed by atoms with Crippen LogP contribution in [0.15, 0.2) is 24.3 Å². The fourth-order valence-electron chi connectivity index (χ4n) is 3.97. The molecular formula is C19H25NO3. The van der Waals surface area contributed by atoms with Crippen LogP contribution in [-0.4, -0.2) is 35.5 Å². The normalized spacial score (nSPS) is 23.0. The molecule has 0 aromatic heterocycles. The van der Waals surface area contributed by atoms with Gasteiger partial charge in [0.05, 0.1) is 0 Å². The zero-order chi connectivity index (χ0) is 16.8.